The first-order chi connectivity index (χ1) is 7.10. The lowest BCUT2D eigenvalue weighted by Gasteiger charge is -2.08. The maximum atomic E-state index is 13.1. The lowest BCUT2D eigenvalue weighted by molar-refractivity contribution is 0.149. The highest BCUT2D eigenvalue weighted by Gasteiger charge is 2.17. The molecule has 3 nitrogen and oxygen atoms in total. The first-order valence-electron chi connectivity index (χ1n) is 4.13. The van der Waals surface area contributed by atoms with Crippen molar-refractivity contribution in [3.63, 3.8) is 0 Å². The van der Waals surface area contributed by atoms with Crippen molar-refractivity contribution in [1.29, 1.82) is 5.26 Å². The Balaban J connectivity index is 3.26. The molecule has 1 heterocycles. The largest absolute Gasteiger partial charge is 0.325 e. The third kappa shape index (κ3) is 2.44. The number of aromatic nitrogens is 1. The third-order valence-corrected chi connectivity index (χ3v) is 1.84. The molecule has 0 fully saturated rings. The van der Waals surface area contributed by atoms with Crippen LogP contribution in [0.5, 0.6) is 0 Å². The molecule has 0 aliphatic rings. The van der Waals surface area contributed by atoms with E-state index >= 15 is 0 Å². The number of nitrogens with zero attached hydrogens (tertiary/aromatic N) is 2. The van der Waals surface area contributed by atoms with Crippen LogP contribution in [-0.4, -0.2) is 4.98 Å². The van der Waals surface area contributed by atoms with E-state index in [0.29, 0.717) is 6.07 Å². The fourth-order valence-corrected chi connectivity index (χ4v) is 1.13. The summed E-state index contributed by atoms with van der Waals surface area (Å²) in [7, 11) is 0. The van der Waals surface area contributed by atoms with Crippen LogP contribution in [-0.2, 0) is 13.0 Å². The Hall–Kier alpha value is -1.61. The van der Waals surface area contributed by atoms with Crippen molar-refractivity contribution in [3.8, 4) is 6.07 Å². The number of pyridine rings is 1. The van der Waals surface area contributed by atoms with Crippen molar-refractivity contribution in [3.05, 3.63) is 28.8 Å². The fraction of sp³-hybridized carbons (Fsp3) is 0.333. The molecule has 0 spiro atoms. The summed E-state index contributed by atoms with van der Waals surface area (Å²) < 4.78 is 37.9. The predicted molar refractivity (Wildman–Crippen MR) is 46.4 cm³/mol. The number of alkyl halides is 2. The second-order valence-electron chi connectivity index (χ2n) is 2.79. The highest BCUT2D eigenvalue weighted by molar-refractivity contribution is 5.27. The molecule has 0 atom stereocenters. The van der Waals surface area contributed by atoms with Crippen molar-refractivity contribution < 1.29 is 13.2 Å². The summed E-state index contributed by atoms with van der Waals surface area (Å²) in [6.45, 7) is -0.187. The maximum Gasteiger partial charge on any atom is 0.265 e. The van der Waals surface area contributed by atoms with Gasteiger partial charge in [-0.1, -0.05) is 0 Å². The topological polar surface area (TPSA) is 62.7 Å². The van der Waals surface area contributed by atoms with Crippen LogP contribution < -0.4 is 5.73 Å². The summed E-state index contributed by atoms with van der Waals surface area (Å²) >= 11 is 0. The molecule has 0 radical (unpaired) electrons. The number of hydrogen-bond acceptors (Lipinski definition) is 3. The zero-order valence-electron chi connectivity index (χ0n) is 7.67. The van der Waals surface area contributed by atoms with E-state index in [4.69, 9.17) is 11.0 Å². The molecular formula is C9H8F3N3. The fourth-order valence-electron chi connectivity index (χ4n) is 1.13. The van der Waals surface area contributed by atoms with Gasteiger partial charge in [-0.25, -0.2) is 13.2 Å². The molecule has 0 amide bonds. The minimum Gasteiger partial charge on any atom is -0.325 e. The van der Waals surface area contributed by atoms with E-state index < -0.39 is 17.8 Å². The average molecular weight is 215 g/mol. The van der Waals surface area contributed by atoms with Gasteiger partial charge >= 0.3 is 0 Å². The van der Waals surface area contributed by atoms with E-state index in [0.717, 1.165) is 0 Å². The molecule has 0 aliphatic heterocycles. The molecule has 80 valence electrons. The van der Waals surface area contributed by atoms with Gasteiger partial charge in [-0.05, 0) is 6.07 Å². The van der Waals surface area contributed by atoms with Gasteiger partial charge in [-0.15, -0.1) is 0 Å². The Morgan fingerprint density at radius 3 is 2.60 bits per heavy atom. The molecule has 15 heavy (non-hydrogen) atoms. The first-order valence-corrected chi connectivity index (χ1v) is 4.13. The molecule has 0 saturated heterocycles. The molecule has 0 aromatic carbocycles. The molecule has 1 aromatic heterocycles. The van der Waals surface area contributed by atoms with Crippen molar-refractivity contribution >= 4 is 0 Å². The van der Waals surface area contributed by atoms with Crippen molar-refractivity contribution in [2.45, 2.75) is 19.4 Å². The van der Waals surface area contributed by atoms with Gasteiger partial charge in [0.15, 0.2) is 0 Å². The molecular weight excluding hydrogens is 207 g/mol. The van der Waals surface area contributed by atoms with Gasteiger partial charge in [0.1, 0.15) is 5.82 Å². The SMILES string of the molecule is N#CCc1nc(CN)c(F)cc1C(F)F. The normalized spacial score (nSPS) is 10.4. The van der Waals surface area contributed by atoms with Gasteiger partial charge in [-0.2, -0.15) is 5.26 Å². The monoisotopic (exact) mass is 215 g/mol. The van der Waals surface area contributed by atoms with Gasteiger partial charge in [0.05, 0.1) is 23.9 Å². The Labute approximate surface area is 84.3 Å². The Morgan fingerprint density at radius 1 is 1.47 bits per heavy atom. The molecule has 6 heteroatoms. The summed E-state index contributed by atoms with van der Waals surface area (Å²) in [5.41, 5.74) is 4.40. The summed E-state index contributed by atoms with van der Waals surface area (Å²) in [4.78, 5) is 3.60. The minimum atomic E-state index is -2.85. The van der Waals surface area contributed by atoms with E-state index in [9.17, 15) is 13.2 Å². The summed E-state index contributed by atoms with van der Waals surface area (Å²) in [5.74, 6) is -0.866. The van der Waals surface area contributed by atoms with Crippen LogP contribution in [0.15, 0.2) is 6.07 Å². The van der Waals surface area contributed by atoms with E-state index in [-0.39, 0.29) is 24.4 Å². The van der Waals surface area contributed by atoms with E-state index in [1.54, 1.807) is 6.07 Å². The van der Waals surface area contributed by atoms with E-state index in [1.807, 2.05) is 0 Å². The smallest absolute Gasteiger partial charge is 0.265 e. The number of halogens is 3. The standard InChI is InChI=1S/C9H8F3N3/c10-6-3-5(9(11)12)7(1-2-13)15-8(6)4-14/h3,9H,1,4,14H2. The highest BCUT2D eigenvalue weighted by atomic mass is 19.3. The zero-order valence-corrected chi connectivity index (χ0v) is 7.67. The van der Waals surface area contributed by atoms with Gasteiger partial charge < -0.3 is 5.73 Å². The van der Waals surface area contributed by atoms with Crippen molar-refractivity contribution in [2.24, 2.45) is 5.73 Å². The molecule has 2 N–H and O–H groups in total. The zero-order chi connectivity index (χ0) is 11.4. The summed E-state index contributed by atoms with van der Waals surface area (Å²) in [5, 5.41) is 8.40. The Morgan fingerprint density at radius 2 is 2.13 bits per heavy atom. The molecule has 1 rings (SSSR count). The molecule has 0 saturated carbocycles. The second kappa shape index (κ2) is 4.75. The number of rotatable bonds is 3. The molecule has 0 bridgehead atoms. The summed E-state index contributed by atoms with van der Waals surface area (Å²) in [6, 6.07) is 2.38. The van der Waals surface area contributed by atoms with Gasteiger partial charge in [0.2, 0.25) is 0 Å². The number of nitrogens with two attached hydrogens (primary N) is 1. The summed E-state index contributed by atoms with van der Waals surface area (Å²) in [6.07, 6.45) is -3.13. The van der Waals surface area contributed by atoms with Crippen LogP contribution in [0.25, 0.3) is 0 Å². The molecule has 0 aliphatic carbocycles. The van der Waals surface area contributed by atoms with E-state index in [1.165, 1.54) is 0 Å². The Kier molecular flexibility index (Phi) is 3.63. The van der Waals surface area contributed by atoms with Crippen LogP contribution in [0.2, 0.25) is 0 Å². The average Bonchev–Trinajstić information content (AvgIpc) is 2.20. The predicted octanol–water partition coefficient (Wildman–Crippen LogP) is 1.68. The molecule has 1 aromatic rings. The van der Waals surface area contributed by atoms with Crippen LogP contribution in [0.4, 0.5) is 13.2 Å². The first kappa shape index (κ1) is 11.5. The number of nitriles is 1. The lowest BCUT2D eigenvalue weighted by Crippen LogP contribution is -2.08. The van der Waals surface area contributed by atoms with Gasteiger partial charge in [0.25, 0.3) is 6.43 Å². The Bertz CT molecular complexity index is 398. The second-order valence-corrected chi connectivity index (χ2v) is 2.79. The van der Waals surface area contributed by atoms with Crippen LogP contribution >= 0.6 is 0 Å². The molecule has 0 unspecified atom stereocenters. The van der Waals surface area contributed by atoms with Crippen LogP contribution in [0, 0.1) is 17.1 Å². The van der Waals surface area contributed by atoms with E-state index in [2.05, 4.69) is 4.98 Å². The number of hydrogen-bond donors (Lipinski definition) is 1. The van der Waals surface area contributed by atoms with Crippen molar-refractivity contribution in [2.75, 3.05) is 0 Å². The van der Waals surface area contributed by atoms with Gasteiger partial charge in [-0.3, -0.25) is 4.98 Å². The minimum absolute atomic E-state index is 0.107. The highest BCUT2D eigenvalue weighted by Crippen LogP contribution is 2.23. The van der Waals surface area contributed by atoms with Gasteiger partial charge in [0, 0.05) is 12.1 Å². The van der Waals surface area contributed by atoms with Crippen LogP contribution in [0.1, 0.15) is 23.4 Å². The quantitative estimate of drug-likeness (QED) is 0.834. The third-order valence-electron chi connectivity index (χ3n) is 1.84. The lowest BCUT2D eigenvalue weighted by atomic mass is 10.1. The maximum absolute atomic E-state index is 13.1. The van der Waals surface area contributed by atoms with Crippen LogP contribution in [0.3, 0.4) is 0 Å². The van der Waals surface area contributed by atoms with Crippen molar-refractivity contribution in [1.82, 2.24) is 4.98 Å².